The van der Waals surface area contributed by atoms with Crippen LogP contribution in [0.3, 0.4) is 0 Å². The van der Waals surface area contributed by atoms with Gasteiger partial charge in [0.25, 0.3) is 6.04 Å². The molecule has 0 saturated carbocycles. The minimum absolute atomic E-state index is 0.235. The van der Waals surface area contributed by atoms with Crippen LogP contribution in [0.4, 0.5) is 0 Å². The number of aromatic nitrogens is 2. The van der Waals surface area contributed by atoms with Crippen molar-refractivity contribution >= 4 is 38.0 Å². The molecule has 1 aliphatic rings. The maximum atomic E-state index is 13.8. The van der Waals surface area contributed by atoms with E-state index in [2.05, 4.69) is 9.83 Å². The molecule has 0 radical (unpaired) electrons. The Hall–Kier alpha value is -2.39. The lowest BCUT2D eigenvalue weighted by molar-refractivity contribution is -0.151. The van der Waals surface area contributed by atoms with Crippen molar-refractivity contribution in [3.8, 4) is 5.75 Å². The number of H-pyrrole nitrogens is 1. The van der Waals surface area contributed by atoms with Crippen molar-refractivity contribution in [1.82, 2.24) is 9.55 Å². The summed E-state index contributed by atoms with van der Waals surface area (Å²) >= 11 is 10.6. The molecule has 3 rings (SSSR count). The van der Waals surface area contributed by atoms with Crippen LogP contribution in [-0.4, -0.2) is 57.7 Å². The van der Waals surface area contributed by atoms with E-state index in [1.165, 1.54) is 4.57 Å². The fourth-order valence-corrected chi connectivity index (χ4v) is 6.06. The first-order valence-corrected chi connectivity index (χ1v) is 14.2. The number of ether oxygens (including phenoxy) is 2. The number of aliphatic hydroxyl groups is 1. The van der Waals surface area contributed by atoms with Gasteiger partial charge >= 0.3 is 13.6 Å². The summed E-state index contributed by atoms with van der Waals surface area (Å²) in [5.74, 6) is -1.03. The summed E-state index contributed by atoms with van der Waals surface area (Å²) in [7, 11) is -3.93. The van der Waals surface area contributed by atoms with Crippen LogP contribution in [0.1, 0.15) is 32.6 Å². The molecule has 1 aliphatic heterocycles. The topological polar surface area (TPSA) is 116 Å². The molecule has 2 heterocycles. The molecular formula is C24H30N3O7PS2. The highest BCUT2D eigenvalue weighted by Gasteiger charge is 2.51. The molecule has 1 saturated heterocycles. The molecule has 1 aromatic heterocycles. The third-order valence-electron chi connectivity index (χ3n) is 5.58. The van der Waals surface area contributed by atoms with Gasteiger partial charge in [0.05, 0.1) is 24.8 Å². The van der Waals surface area contributed by atoms with Crippen molar-refractivity contribution in [3.63, 3.8) is 0 Å². The predicted molar refractivity (Wildman–Crippen MR) is 141 cm³/mol. The second-order valence-corrected chi connectivity index (χ2v) is 11.9. The van der Waals surface area contributed by atoms with Crippen molar-refractivity contribution < 1.29 is 33.0 Å². The van der Waals surface area contributed by atoms with E-state index in [4.69, 9.17) is 49.5 Å². The number of rotatable bonds is 10. The minimum Gasteiger partial charge on any atom is -0.463 e. The van der Waals surface area contributed by atoms with E-state index in [9.17, 15) is 14.5 Å². The van der Waals surface area contributed by atoms with Crippen LogP contribution in [0.2, 0.25) is 0 Å². The minimum atomic E-state index is -3.93. The molecule has 6 atom stereocenters. The largest absolute Gasteiger partial charge is 0.463 e. The number of aryl methyl sites for hydroxylation is 1. The molecule has 13 heteroatoms. The fraction of sp³-hybridized carbons (Fsp3) is 0.500. The maximum absolute atomic E-state index is 13.8. The van der Waals surface area contributed by atoms with Crippen LogP contribution >= 0.6 is 32.0 Å². The zero-order chi connectivity index (χ0) is 27.3. The standard InChI is InChI=1S/C24H30N3O7PS2/c1-14(2)32-23(29)16(4)13-35(30,34-17-9-7-6-8-10-17)31-12-18-20(28)19(25-5)22(33-18)27-11-15(3)21(36)26-24(27)37/h6-11,14,16,18-20,22,28H,12-13H2,1-4H3,(H,26,36,37)/t16-,18+,19-,20?,22+,35+/m1/s1. The van der Waals surface area contributed by atoms with Gasteiger partial charge in [-0.2, -0.15) is 0 Å². The lowest BCUT2D eigenvalue weighted by atomic mass is 10.1. The Morgan fingerprint density at radius 3 is 2.59 bits per heavy atom. The summed E-state index contributed by atoms with van der Waals surface area (Å²) in [6.45, 7) is 14.0. The SMILES string of the molecule is [C-]#[N+][C@@H]1C(O)[C@H](CO[P@@](=O)(C[C@@H](C)C(=O)OC(C)C)Oc2ccccc2)O[C@@H]1n1cc(C)c(=S)[nH]c1=S. The van der Waals surface area contributed by atoms with Crippen molar-refractivity contribution in [2.75, 3.05) is 12.8 Å². The van der Waals surface area contributed by atoms with Crippen LogP contribution in [0.5, 0.6) is 5.75 Å². The fourth-order valence-electron chi connectivity index (χ4n) is 3.72. The van der Waals surface area contributed by atoms with E-state index in [-0.39, 0.29) is 23.6 Å². The Morgan fingerprint density at radius 1 is 1.30 bits per heavy atom. The summed E-state index contributed by atoms with van der Waals surface area (Å²) < 4.78 is 38.7. The smallest absolute Gasteiger partial charge is 0.380 e. The number of aromatic amines is 1. The number of benzene rings is 1. The number of carbonyl (C=O) groups excluding carboxylic acids is 1. The van der Waals surface area contributed by atoms with Gasteiger partial charge in [-0.3, -0.25) is 13.9 Å². The number of hydrogen-bond acceptors (Lipinski definition) is 9. The Labute approximate surface area is 225 Å². The van der Waals surface area contributed by atoms with Crippen molar-refractivity contribution in [2.24, 2.45) is 5.92 Å². The van der Waals surface area contributed by atoms with Gasteiger partial charge in [-0.25, -0.2) is 11.1 Å². The van der Waals surface area contributed by atoms with Crippen molar-refractivity contribution in [3.05, 3.63) is 62.9 Å². The van der Waals surface area contributed by atoms with E-state index in [0.29, 0.717) is 16.0 Å². The van der Waals surface area contributed by atoms with E-state index >= 15 is 0 Å². The highest BCUT2D eigenvalue weighted by molar-refractivity contribution is 7.72. The van der Waals surface area contributed by atoms with E-state index < -0.39 is 44.0 Å². The molecule has 0 aliphatic carbocycles. The lowest BCUT2D eigenvalue weighted by Crippen LogP contribution is -2.32. The molecule has 200 valence electrons. The highest BCUT2D eigenvalue weighted by atomic mass is 32.1. The Bertz CT molecular complexity index is 1310. The highest BCUT2D eigenvalue weighted by Crippen LogP contribution is 2.50. The number of nitrogens with one attached hydrogen (secondary N) is 1. The van der Waals surface area contributed by atoms with Gasteiger partial charge in [0, 0.05) is 11.8 Å². The number of para-hydroxylation sites is 1. The van der Waals surface area contributed by atoms with Crippen LogP contribution in [0, 0.1) is 28.8 Å². The first kappa shape index (κ1) is 29.2. The Morgan fingerprint density at radius 2 is 1.97 bits per heavy atom. The molecule has 0 bridgehead atoms. The number of esters is 1. The van der Waals surface area contributed by atoms with Crippen LogP contribution in [0.15, 0.2) is 36.5 Å². The second-order valence-electron chi connectivity index (χ2n) is 9.03. The zero-order valence-corrected chi connectivity index (χ0v) is 23.4. The van der Waals surface area contributed by atoms with Crippen molar-refractivity contribution in [1.29, 1.82) is 0 Å². The number of hydrogen-bond donors (Lipinski definition) is 2. The van der Waals surface area contributed by atoms with E-state index in [1.54, 1.807) is 64.2 Å². The van der Waals surface area contributed by atoms with E-state index in [0.717, 1.165) is 0 Å². The second kappa shape index (κ2) is 12.4. The Kier molecular flexibility index (Phi) is 9.80. The third kappa shape index (κ3) is 7.35. The molecule has 1 fully saturated rings. The van der Waals surface area contributed by atoms with Gasteiger partial charge in [0.2, 0.25) is 6.23 Å². The predicted octanol–water partition coefficient (Wildman–Crippen LogP) is 5.01. The number of nitrogens with zero attached hydrogens (tertiary/aromatic N) is 2. The number of carbonyl (C=O) groups is 1. The monoisotopic (exact) mass is 567 g/mol. The zero-order valence-electron chi connectivity index (χ0n) is 20.9. The average Bonchev–Trinajstić information content (AvgIpc) is 3.15. The summed E-state index contributed by atoms with van der Waals surface area (Å²) in [5.41, 5.74) is 0.716. The van der Waals surface area contributed by atoms with Crippen LogP contribution in [-0.2, 0) is 23.4 Å². The summed E-state index contributed by atoms with van der Waals surface area (Å²) in [6, 6.07) is 7.42. The van der Waals surface area contributed by atoms with Crippen molar-refractivity contribution in [2.45, 2.75) is 58.3 Å². The van der Waals surface area contributed by atoms with Crippen LogP contribution in [0.25, 0.3) is 4.85 Å². The van der Waals surface area contributed by atoms with Crippen LogP contribution < -0.4 is 4.52 Å². The molecular weight excluding hydrogens is 537 g/mol. The van der Waals surface area contributed by atoms with Gasteiger partial charge in [0.15, 0.2) is 10.9 Å². The molecule has 2 aromatic rings. The quantitative estimate of drug-likeness (QED) is 0.177. The third-order valence-corrected chi connectivity index (χ3v) is 8.34. The van der Waals surface area contributed by atoms with Gasteiger partial charge in [-0.15, -0.1) is 0 Å². The van der Waals surface area contributed by atoms with Gasteiger partial charge < -0.3 is 28.9 Å². The lowest BCUT2D eigenvalue weighted by Gasteiger charge is -2.24. The summed E-state index contributed by atoms with van der Waals surface area (Å²) in [6.07, 6.45) is -2.14. The van der Waals surface area contributed by atoms with E-state index in [1.807, 2.05) is 0 Å². The molecule has 2 N–H and O–H groups in total. The van der Waals surface area contributed by atoms with Gasteiger partial charge in [-0.1, -0.05) is 37.3 Å². The Balaban J connectivity index is 1.81. The summed E-state index contributed by atoms with van der Waals surface area (Å²) in [4.78, 5) is 18.8. The molecule has 10 nitrogen and oxygen atoms in total. The average molecular weight is 568 g/mol. The maximum Gasteiger partial charge on any atom is 0.380 e. The molecule has 0 spiro atoms. The molecule has 1 unspecified atom stereocenters. The first-order valence-electron chi connectivity index (χ1n) is 11.6. The normalized spacial score (nSPS) is 23.7. The van der Waals surface area contributed by atoms with Gasteiger partial charge in [-0.05, 0) is 45.1 Å². The molecule has 0 amide bonds. The van der Waals surface area contributed by atoms with Gasteiger partial charge in [0.1, 0.15) is 16.5 Å². The summed E-state index contributed by atoms with van der Waals surface area (Å²) in [5, 5.41) is 10.8. The first-order chi connectivity index (χ1) is 17.4. The molecule has 37 heavy (non-hydrogen) atoms. The number of aliphatic hydroxyl groups excluding tert-OH is 1. The molecule has 1 aromatic carbocycles.